The Hall–Kier alpha value is -0.0400. The molecule has 3 saturated heterocycles. The van der Waals surface area contributed by atoms with Crippen molar-refractivity contribution in [1.29, 1.82) is 0 Å². The SMILES string of the molecule is C[N+]12C3CCCC1CC2CC3. The molecule has 0 aromatic carbocycles. The molecule has 4 unspecified atom stereocenters. The normalized spacial score (nSPS) is 60.3. The highest BCUT2D eigenvalue weighted by Gasteiger charge is 2.60. The van der Waals surface area contributed by atoms with Crippen molar-refractivity contribution in [2.45, 2.75) is 56.7 Å². The molecule has 0 aliphatic carbocycles. The summed E-state index contributed by atoms with van der Waals surface area (Å²) < 4.78 is 1.50. The molecule has 0 N–H and O–H groups in total. The van der Waals surface area contributed by atoms with Gasteiger partial charge in [0.05, 0.1) is 31.6 Å². The van der Waals surface area contributed by atoms with Crippen LogP contribution in [-0.2, 0) is 0 Å². The summed E-state index contributed by atoms with van der Waals surface area (Å²) in [5.41, 5.74) is 0. The molecular formula is C10H18N+. The van der Waals surface area contributed by atoms with Gasteiger partial charge in [-0.25, -0.2) is 0 Å². The summed E-state index contributed by atoms with van der Waals surface area (Å²) in [6.07, 6.45) is 9.23. The summed E-state index contributed by atoms with van der Waals surface area (Å²) >= 11 is 0. The zero-order valence-corrected chi connectivity index (χ0v) is 7.42. The van der Waals surface area contributed by atoms with Gasteiger partial charge in [-0.3, -0.25) is 0 Å². The first kappa shape index (κ1) is 6.47. The average Bonchev–Trinajstić information content (AvgIpc) is 2.32. The van der Waals surface area contributed by atoms with E-state index in [0.717, 1.165) is 18.1 Å². The van der Waals surface area contributed by atoms with Crippen LogP contribution in [0.15, 0.2) is 0 Å². The van der Waals surface area contributed by atoms with Gasteiger partial charge in [-0.2, -0.15) is 0 Å². The Morgan fingerprint density at radius 2 is 1.55 bits per heavy atom. The van der Waals surface area contributed by atoms with Crippen molar-refractivity contribution in [2.24, 2.45) is 0 Å². The second-order valence-electron chi connectivity index (χ2n) is 4.93. The molecule has 0 aromatic heterocycles. The molecule has 0 amide bonds. The lowest BCUT2D eigenvalue weighted by Gasteiger charge is -2.58. The van der Waals surface area contributed by atoms with E-state index in [1.807, 2.05) is 0 Å². The maximum atomic E-state index is 2.52. The Labute approximate surface area is 69.0 Å². The molecule has 0 bridgehead atoms. The second kappa shape index (κ2) is 1.82. The number of piperidine rings is 1. The lowest BCUT2D eigenvalue weighted by atomic mass is 9.82. The van der Waals surface area contributed by atoms with E-state index in [1.54, 1.807) is 6.42 Å². The van der Waals surface area contributed by atoms with Crippen LogP contribution in [0.1, 0.15) is 38.5 Å². The van der Waals surface area contributed by atoms with Crippen molar-refractivity contribution >= 4 is 0 Å². The quantitative estimate of drug-likeness (QED) is 0.465. The maximum Gasteiger partial charge on any atom is 0.0952 e. The number of hydrogen-bond donors (Lipinski definition) is 0. The van der Waals surface area contributed by atoms with Crippen molar-refractivity contribution < 1.29 is 4.48 Å². The minimum Gasteiger partial charge on any atom is -0.318 e. The fraction of sp³-hybridized carbons (Fsp3) is 1.00. The zero-order chi connectivity index (χ0) is 7.47. The number of rotatable bonds is 0. The van der Waals surface area contributed by atoms with E-state index in [4.69, 9.17) is 0 Å². The van der Waals surface area contributed by atoms with Crippen LogP contribution in [0.3, 0.4) is 0 Å². The zero-order valence-electron chi connectivity index (χ0n) is 7.42. The standard InChI is InChI=1S/C10H18N/c1-11-8-3-2-4-9(11)7-10(11)6-5-8/h8-10H,2-7H2,1H3/q+1. The van der Waals surface area contributed by atoms with Crippen LogP contribution in [0, 0.1) is 0 Å². The van der Waals surface area contributed by atoms with Gasteiger partial charge < -0.3 is 4.48 Å². The first-order valence-electron chi connectivity index (χ1n) is 5.17. The van der Waals surface area contributed by atoms with Gasteiger partial charge in [0, 0.05) is 12.8 Å². The number of hydrogen-bond acceptors (Lipinski definition) is 0. The third-order valence-corrected chi connectivity index (χ3v) is 4.81. The Bertz CT molecular complexity index is 187. The minimum absolute atomic E-state index is 1.08. The molecule has 3 fully saturated rings. The molecule has 11 heavy (non-hydrogen) atoms. The third kappa shape index (κ3) is 0.581. The lowest BCUT2D eigenvalue weighted by molar-refractivity contribution is -1.01. The summed E-state index contributed by atoms with van der Waals surface area (Å²) in [6, 6.07) is 3.25. The predicted molar refractivity (Wildman–Crippen MR) is 45.3 cm³/mol. The van der Waals surface area contributed by atoms with E-state index in [-0.39, 0.29) is 0 Å². The van der Waals surface area contributed by atoms with Gasteiger partial charge in [0.15, 0.2) is 0 Å². The molecular weight excluding hydrogens is 134 g/mol. The Morgan fingerprint density at radius 1 is 0.909 bits per heavy atom. The molecule has 0 radical (unpaired) electrons. The van der Waals surface area contributed by atoms with Crippen molar-refractivity contribution in [3.05, 3.63) is 0 Å². The van der Waals surface area contributed by atoms with Gasteiger partial charge in [-0.1, -0.05) is 0 Å². The van der Waals surface area contributed by atoms with Gasteiger partial charge >= 0.3 is 0 Å². The topological polar surface area (TPSA) is 0 Å². The van der Waals surface area contributed by atoms with Crippen molar-refractivity contribution in [3.8, 4) is 0 Å². The molecule has 3 heterocycles. The van der Waals surface area contributed by atoms with Gasteiger partial charge in [0.25, 0.3) is 0 Å². The summed E-state index contributed by atoms with van der Waals surface area (Å²) in [5.74, 6) is 0. The van der Waals surface area contributed by atoms with E-state index in [0.29, 0.717) is 0 Å². The predicted octanol–water partition coefficient (Wildman–Crippen LogP) is 1.92. The van der Waals surface area contributed by atoms with Crippen molar-refractivity contribution in [1.82, 2.24) is 0 Å². The Balaban J connectivity index is 1.95. The van der Waals surface area contributed by atoms with E-state index in [1.165, 1.54) is 36.6 Å². The maximum absolute atomic E-state index is 2.52. The van der Waals surface area contributed by atoms with Crippen LogP contribution < -0.4 is 0 Å². The third-order valence-electron chi connectivity index (χ3n) is 4.81. The van der Waals surface area contributed by atoms with Crippen LogP contribution in [0.2, 0.25) is 0 Å². The average molecular weight is 152 g/mol. The van der Waals surface area contributed by atoms with E-state index in [9.17, 15) is 0 Å². The molecule has 0 aromatic rings. The van der Waals surface area contributed by atoms with Gasteiger partial charge in [0.2, 0.25) is 0 Å². The second-order valence-corrected chi connectivity index (χ2v) is 4.93. The Kier molecular flexibility index (Phi) is 1.07. The van der Waals surface area contributed by atoms with Crippen LogP contribution in [-0.4, -0.2) is 29.7 Å². The molecule has 3 rings (SSSR count). The highest BCUT2D eigenvalue weighted by molar-refractivity contribution is 4.91. The molecule has 3 aliphatic heterocycles. The largest absolute Gasteiger partial charge is 0.318 e. The molecule has 1 heteroatoms. The molecule has 62 valence electrons. The summed E-state index contributed by atoms with van der Waals surface area (Å²) in [4.78, 5) is 0. The van der Waals surface area contributed by atoms with Crippen LogP contribution in [0.4, 0.5) is 0 Å². The highest BCUT2D eigenvalue weighted by Crippen LogP contribution is 2.51. The van der Waals surface area contributed by atoms with Gasteiger partial charge in [0.1, 0.15) is 0 Å². The van der Waals surface area contributed by atoms with E-state index in [2.05, 4.69) is 7.05 Å². The summed E-state index contributed by atoms with van der Waals surface area (Å²) in [7, 11) is 2.52. The monoisotopic (exact) mass is 152 g/mol. The molecule has 0 saturated carbocycles. The first-order valence-corrected chi connectivity index (χ1v) is 5.17. The number of quaternary nitrogens is 1. The minimum atomic E-state index is 1.08. The fourth-order valence-electron chi connectivity index (χ4n) is 3.99. The molecule has 1 nitrogen and oxygen atoms in total. The summed E-state index contributed by atoms with van der Waals surface area (Å²) in [6.45, 7) is 0. The Morgan fingerprint density at radius 3 is 2.36 bits per heavy atom. The van der Waals surface area contributed by atoms with E-state index >= 15 is 0 Å². The molecule has 3 aliphatic rings. The number of nitrogens with zero attached hydrogens (tertiary/aromatic N) is 1. The van der Waals surface area contributed by atoms with Crippen LogP contribution >= 0.6 is 0 Å². The first-order chi connectivity index (χ1) is 5.32. The summed E-state index contributed by atoms with van der Waals surface area (Å²) in [5, 5.41) is 0. The smallest absolute Gasteiger partial charge is 0.0952 e. The van der Waals surface area contributed by atoms with Crippen LogP contribution in [0.5, 0.6) is 0 Å². The van der Waals surface area contributed by atoms with Gasteiger partial charge in [-0.05, 0) is 19.3 Å². The van der Waals surface area contributed by atoms with Crippen molar-refractivity contribution in [3.63, 3.8) is 0 Å². The van der Waals surface area contributed by atoms with Gasteiger partial charge in [-0.15, -0.1) is 0 Å². The van der Waals surface area contributed by atoms with E-state index < -0.39 is 0 Å². The molecule has 4 atom stereocenters. The molecule has 0 spiro atoms. The van der Waals surface area contributed by atoms with Crippen molar-refractivity contribution in [2.75, 3.05) is 7.05 Å². The highest BCUT2D eigenvalue weighted by atomic mass is 15.5. The lowest BCUT2D eigenvalue weighted by Crippen LogP contribution is -2.70. The van der Waals surface area contributed by atoms with Crippen LogP contribution in [0.25, 0.3) is 0 Å². The fourth-order valence-corrected chi connectivity index (χ4v) is 3.99.